The third-order valence-corrected chi connectivity index (χ3v) is 18.1. The van der Waals surface area contributed by atoms with Crippen LogP contribution in [0.3, 0.4) is 0 Å². The average molecular weight is 503 g/mol. The molecular weight excluding hydrogens is 452 g/mol. The van der Waals surface area contributed by atoms with E-state index in [9.17, 15) is 15.0 Å². The van der Waals surface area contributed by atoms with Crippen molar-refractivity contribution in [2.24, 2.45) is 52.3 Å². The Labute approximate surface area is 214 Å². The van der Waals surface area contributed by atoms with Gasteiger partial charge in [-0.25, -0.2) is 0 Å². The molecular formula is C30H50O4Si. The van der Waals surface area contributed by atoms with Gasteiger partial charge in [-0.1, -0.05) is 34.6 Å². The van der Waals surface area contributed by atoms with Crippen LogP contribution in [0.4, 0.5) is 0 Å². The Morgan fingerprint density at radius 1 is 1.00 bits per heavy atom. The normalized spacial score (nSPS) is 54.3. The predicted octanol–water partition coefficient (Wildman–Crippen LogP) is 5.96. The van der Waals surface area contributed by atoms with Crippen LogP contribution in [-0.2, 0) is 9.22 Å². The molecule has 0 spiro atoms. The quantitative estimate of drug-likeness (QED) is 0.360. The Kier molecular flexibility index (Phi) is 5.18. The number of carbonyl (C=O) groups excluding carboxylic acids is 1. The number of Topliss-reactive ketones (excluding diaryl/α,β-unsaturated/α-hetero) is 1. The van der Waals surface area contributed by atoms with Crippen molar-refractivity contribution in [3.8, 4) is 0 Å². The highest BCUT2D eigenvalue weighted by Crippen LogP contribution is 2.82. The lowest BCUT2D eigenvalue weighted by molar-refractivity contribution is -0.223. The van der Waals surface area contributed by atoms with E-state index >= 15 is 0 Å². The number of ketones is 1. The van der Waals surface area contributed by atoms with Gasteiger partial charge in [-0.3, -0.25) is 4.79 Å². The molecule has 0 aromatic carbocycles. The maximum atomic E-state index is 12.4. The third kappa shape index (κ3) is 3.10. The van der Waals surface area contributed by atoms with E-state index in [2.05, 4.69) is 47.7 Å². The van der Waals surface area contributed by atoms with E-state index in [0.29, 0.717) is 54.3 Å². The molecule has 6 aliphatic carbocycles. The molecule has 35 heavy (non-hydrogen) atoms. The highest BCUT2D eigenvalue weighted by Gasteiger charge is 2.81. The fraction of sp³-hybridized carbons (Fsp3) is 0.967. The van der Waals surface area contributed by atoms with Crippen LogP contribution in [0.1, 0.15) is 92.4 Å². The van der Waals surface area contributed by atoms with E-state index in [-0.39, 0.29) is 21.7 Å². The zero-order valence-electron chi connectivity index (χ0n) is 23.3. The number of rotatable bonds is 5. The largest absolute Gasteiger partial charge is 0.417 e. The first-order valence-electron chi connectivity index (χ1n) is 14.7. The fourth-order valence-corrected chi connectivity index (χ4v) is 11.5. The Bertz CT molecular complexity index is 926. The molecule has 0 bridgehead atoms. The van der Waals surface area contributed by atoms with Crippen molar-refractivity contribution in [1.29, 1.82) is 0 Å². The summed E-state index contributed by atoms with van der Waals surface area (Å²) in [6.07, 6.45) is 8.19. The molecule has 6 aliphatic rings. The molecule has 11 atom stereocenters. The second kappa shape index (κ2) is 7.24. The third-order valence-electron chi connectivity index (χ3n) is 13.6. The average Bonchev–Trinajstić information content (AvgIpc) is 3.65. The first-order valence-corrected chi connectivity index (χ1v) is 17.6. The van der Waals surface area contributed by atoms with E-state index in [1.165, 1.54) is 6.42 Å². The molecule has 6 saturated carbocycles. The smallest absolute Gasteiger partial charge is 0.191 e. The van der Waals surface area contributed by atoms with E-state index in [4.69, 9.17) is 4.43 Å². The van der Waals surface area contributed by atoms with Crippen molar-refractivity contribution in [2.45, 2.75) is 122 Å². The molecule has 0 aromatic rings. The first-order chi connectivity index (χ1) is 16.1. The van der Waals surface area contributed by atoms with Gasteiger partial charge in [0.05, 0.1) is 11.2 Å². The van der Waals surface area contributed by atoms with Crippen LogP contribution in [0.15, 0.2) is 0 Å². The SMILES string of the molecule is CC(C)(C)[Si](C)(C)OCCC[C@]1(O)[C@H]2C[C@H]2C2C3C(CC[C@@]21C)[C@@]1(C)CCC(=O)C[C@@]1(O)[C@@H]1C[C@H]31. The number of carbonyl (C=O) groups is 1. The zero-order valence-corrected chi connectivity index (χ0v) is 24.3. The molecule has 4 nitrogen and oxygen atoms in total. The molecule has 0 amide bonds. The number of hydrogen-bond acceptors (Lipinski definition) is 4. The molecule has 0 aliphatic heterocycles. The molecule has 0 saturated heterocycles. The Balaban J connectivity index is 1.22. The highest BCUT2D eigenvalue weighted by atomic mass is 28.4. The summed E-state index contributed by atoms with van der Waals surface area (Å²) >= 11 is 0. The van der Waals surface area contributed by atoms with Crippen LogP contribution in [-0.4, -0.2) is 42.1 Å². The summed E-state index contributed by atoms with van der Waals surface area (Å²) in [7, 11) is -1.76. The van der Waals surface area contributed by atoms with Gasteiger partial charge in [0, 0.05) is 24.9 Å². The van der Waals surface area contributed by atoms with Gasteiger partial charge in [0.1, 0.15) is 5.78 Å². The lowest BCUT2D eigenvalue weighted by Gasteiger charge is -2.64. The van der Waals surface area contributed by atoms with Crippen LogP contribution >= 0.6 is 0 Å². The predicted molar refractivity (Wildman–Crippen MR) is 140 cm³/mol. The van der Waals surface area contributed by atoms with Crippen LogP contribution < -0.4 is 0 Å². The number of aliphatic hydroxyl groups is 2. The second-order valence-electron chi connectivity index (χ2n) is 15.9. The van der Waals surface area contributed by atoms with E-state index in [1.807, 2.05) is 0 Å². The van der Waals surface area contributed by atoms with Crippen molar-refractivity contribution in [2.75, 3.05) is 6.61 Å². The number of hydrogen-bond donors (Lipinski definition) is 2. The zero-order chi connectivity index (χ0) is 25.4. The highest BCUT2D eigenvalue weighted by molar-refractivity contribution is 6.74. The summed E-state index contributed by atoms with van der Waals surface area (Å²) in [6.45, 7) is 17.1. The molecule has 3 unspecified atom stereocenters. The minimum absolute atomic E-state index is 0.0117. The molecule has 6 fully saturated rings. The molecule has 0 aromatic heterocycles. The van der Waals surface area contributed by atoms with Crippen LogP contribution in [0.2, 0.25) is 18.1 Å². The van der Waals surface area contributed by atoms with Gasteiger partial charge in [0.2, 0.25) is 0 Å². The van der Waals surface area contributed by atoms with Crippen LogP contribution in [0.5, 0.6) is 0 Å². The molecule has 198 valence electrons. The van der Waals surface area contributed by atoms with E-state index < -0.39 is 19.5 Å². The maximum Gasteiger partial charge on any atom is 0.191 e. The van der Waals surface area contributed by atoms with Gasteiger partial charge in [0.25, 0.3) is 0 Å². The van der Waals surface area contributed by atoms with Crippen molar-refractivity contribution < 1.29 is 19.4 Å². The van der Waals surface area contributed by atoms with E-state index in [0.717, 1.165) is 45.1 Å². The van der Waals surface area contributed by atoms with Crippen LogP contribution in [0.25, 0.3) is 0 Å². The van der Waals surface area contributed by atoms with Crippen molar-refractivity contribution in [3.05, 3.63) is 0 Å². The lowest BCUT2D eigenvalue weighted by Crippen LogP contribution is -2.65. The van der Waals surface area contributed by atoms with Crippen molar-refractivity contribution in [1.82, 2.24) is 0 Å². The molecule has 6 rings (SSSR count). The summed E-state index contributed by atoms with van der Waals surface area (Å²) in [5.41, 5.74) is -1.48. The van der Waals surface area contributed by atoms with Crippen LogP contribution in [0, 0.1) is 52.3 Å². The summed E-state index contributed by atoms with van der Waals surface area (Å²) in [6, 6.07) is 0. The van der Waals surface area contributed by atoms with Gasteiger partial charge in [0.15, 0.2) is 8.32 Å². The van der Waals surface area contributed by atoms with Gasteiger partial charge < -0.3 is 14.6 Å². The Morgan fingerprint density at radius 3 is 2.37 bits per heavy atom. The Morgan fingerprint density at radius 2 is 1.69 bits per heavy atom. The number of fused-ring (bicyclic) bond motifs is 10. The van der Waals surface area contributed by atoms with Gasteiger partial charge in [-0.15, -0.1) is 0 Å². The fourth-order valence-electron chi connectivity index (χ4n) is 10.5. The minimum atomic E-state index is -1.76. The lowest BCUT2D eigenvalue weighted by atomic mass is 9.42. The molecule has 0 radical (unpaired) electrons. The first kappa shape index (κ1) is 25.1. The van der Waals surface area contributed by atoms with Gasteiger partial charge >= 0.3 is 0 Å². The summed E-state index contributed by atoms with van der Waals surface area (Å²) in [4.78, 5) is 12.4. The monoisotopic (exact) mass is 502 g/mol. The standard InChI is InChI=1S/C30H50O4Si/c1-26(2,3)35(6,7)34-14-8-11-29(32)23-16-20(23)25-24-19-15-22(19)30(33)17-18(31)9-12-27(30,4)21(24)10-13-28(25,29)5/h19-25,32-33H,8-17H2,1-7H3/t19-,20+,21?,22+,23-,24?,25?,27+,28-,29-,30+/m0/s1. The second-order valence-corrected chi connectivity index (χ2v) is 20.7. The van der Waals surface area contributed by atoms with Gasteiger partial charge in [-0.2, -0.15) is 0 Å². The minimum Gasteiger partial charge on any atom is -0.417 e. The summed E-state index contributed by atoms with van der Waals surface area (Å²) in [5.74, 6) is 4.00. The molecule has 2 N–H and O–H groups in total. The topological polar surface area (TPSA) is 66.8 Å². The van der Waals surface area contributed by atoms with E-state index in [1.54, 1.807) is 0 Å². The van der Waals surface area contributed by atoms with Gasteiger partial charge in [-0.05, 0) is 110 Å². The maximum absolute atomic E-state index is 12.4. The molecule has 5 heteroatoms. The summed E-state index contributed by atoms with van der Waals surface area (Å²) < 4.78 is 6.49. The van der Waals surface area contributed by atoms with Crippen molar-refractivity contribution >= 4 is 14.1 Å². The Hall–Kier alpha value is -0.233. The summed E-state index contributed by atoms with van der Waals surface area (Å²) in [5, 5.41) is 24.5. The van der Waals surface area contributed by atoms with Crippen molar-refractivity contribution in [3.63, 3.8) is 0 Å². The molecule has 0 heterocycles.